The molecule has 1 aromatic carbocycles. The number of urea groups is 1. The van der Waals surface area contributed by atoms with E-state index in [1.165, 1.54) is 4.90 Å². The van der Waals surface area contributed by atoms with Gasteiger partial charge >= 0.3 is 6.03 Å². The van der Waals surface area contributed by atoms with Gasteiger partial charge in [-0.3, -0.25) is 15.0 Å². The zero-order valence-corrected chi connectivity index (χ0v) is 11.1. The molecule has 1 aromatic rings. The van der Waals surface area contributed by atoms with Gasteiger partial charge in [-0.05, 0) is 40.8 Å². The largest absolute Gasteiger partial charge is 0.328 e. The van der Waals surface area contributed by atoms with Crippen molar-refractivity contribution < 1.29 is 9.59 Å². The minimum Gasteiger partial charge on any atom is -0.293 e. The Kier molecular flexibility index (Phi) is 3.34. The van der Waals surface area contributed by atoms with Gasteiger partial charge in [0.15, 0.2) is 0 Å². The average molecular weight is 351 g/mol. The van der Waals surface area contributed by atoms with Crippen molar-refractivity contribution in [3.05, 3.63) is 26.8 Å². The Morgan fingerprint density at radius 3 is 2.81 bits per heavy atom. The molecule has 1 N–H and O–H groups in total. The molecule has 0 aromatic heterocycles. The lowest BCUT2D eigenvalue weighted by Crippen LogP contribution is -2.49. The summed E-state index contributed by atoms with van der Waals surface area (Å²) in [6, 6.07) is 4.93. The van der Waals surface area contributed by atoms with Gasteiger partial charge in [-0.1, -0.05) is 11.6 Å². The van der Waals surface area contributed by atoms with Crippen LogP contribution in [0.1, 0.15) is 6.42 Å². The third-order valence-electron chi connectivity index (χ3n) is 2.25. The van der Waals surface area contributed by atoms with E-state index in [4.69, 9.17) is 11.6 Å². The summed E-state index contributed by atoms with van der Waals surface area (Å²) in [5.41, 5.74) is 0.734. The van der Waals surface area contributed by atoms with E-state index in [9.17, 15) is 9.59 Å². The topological polar surface area (TPSA) is 49.4 Å². The van der Waals surface area contributed by atoms with Crippen molar-refractivity contribution >= 4 is 51.8 Å². The first kappa shape index (κ1) is 11.7. The monoisotopic (exact) mass is 350 g/mol. The maximum atomic E-state index is 11.6. The van der Waals surface area contributed by atoms with Gasteiger partial charge in [-0.15, -0.1) is 0 Å². The molecule has 1 fully saturated rings. The second kappa shape index (κ2) is 4.58. The molecule has 1 saturated heterocycles. The summed E-state index contributed by atoms with van der Waals surface area (Å²) in [7, 11) is 0. The van der Waals surface area contributed by atoms with Crippen LogP contribution in [0.3, 0.4) is 0 Å². The molecule has 0 saturated carbocycles. The lowest BCUT2D eigenvalue weighted by molar-refractivity contribution is -0.120. The van der Waals surface area contributed by atoms with Gasteiger partial charge in [-0.25, -0.2) is 4.79 Å². The first-order valence-electron chi connectivity index (χ1n) is 4.64. The standard InChI is InChI=1S/C10H8ClIN2O2/c11-6-1-2-7(12)8(5-6)14-4-3-9(15)13-10(14)16/h1-2,5H,3-4H2,(H,13,15,16). The van der Waals surface area contributed by atoms with Crippen LogP contribution in [-0.4, -0.2) is 18.5 Å². The predicted octanol–water partition coefficient (Wildman–Crippen LogP) is 2.39. The Bertz CT molecular complexity index is 464. The fourth-order valence-electron chi connectivity index (χ4n) is 1.49. The van der Waals surface area contributed by atoms with Crippen LogP contribution in [-0.2, 0) is 4.79 Å². The van der Waals surface area contributed by atoms with Gasteiger partial charge < -0.3 is 0 Å². The van der Waals surface area contributed by atoms with Gasteiger partial charge in [0.1, 0.15) is 0 Å². The zero-order valence-electron chi connectivity index (χ0n) is 8.17. The number of nitrogens with one attached hydrogen (secondary N) is 1. The highest BCUT2D eigenvalue weighted by Gasteiger charge is 2.25. The molecule has 3 amide bonds. The maximum Gasteiger partial charge on any atom is 0.328 e. The van der Waals surface area contributed by atoms with Crippen molar-refractivity contribution in [1.29, 1.82) is 0 Å². The molecule has 2 rings (SSSR count). The summed E-state index contributed by atoms with van der Waals surface area (Å²) in [5.74, 6) is -0.238. The molecule has 0 unspecified atom stereocenters. The number of hydrogen-bond donors (Lipinski definition) is 1. The Balaban J connectivity index is 2.33. The Morgan fingerprint density at radius 1 is 1.38 bits per heavy atom. The minimum atomic E-state index is -0.392. The zero-order chi connectivity index (χ0) is 11.7. The lowest BCUT2D eigenvalue weighted by Gasteiger charge is -2.27. The van der Waals surface area contributed by atoms with E-state index >= 15 is 0 Å². The van der Waals surface area contributed by atoms with Gasteiger partial charge in [-0.2, -0.15) is 0 Å². The van der Waals surface area contributed by atoms with Gasteiger partial charge in [0.05, 0.1) is 5.69 Å². The highest BCUT2D eigenvalue weighted by molar-refractivity contribution is 14.1. The molecular formula is C10H8ClIN2O2. The molecule has 4 nitrogen and oxygen atoms in total. The fraction of sp³-hybridized carbons (Fsp3) is 0.200. The van der Waals surface area contributed by atoms with E-state index in [1.54, 1.807) is 12.1 Å². The van der Waals surface area contributed by atoms with Crippen molar-refractivity contribution in [2.45, 2.75) is 6.42 Å². The lowest BCUT2D eigenvalue weighted by atomic mass is 10.2. The smallest absolute Gasteiger partial charge is 0.293 e. The highest BCUT2D eigenvalue weighted by Crippen LogP contribution is 2.27. The van der Waals surface area contributed by atoms with Crippen molar-refractivity contribution in [3.63, 3.8) is 0 Å². The third-order valence-corrected chi connectivity index (χ3v) is 3.40. The number of anilines is 1. The molecule has 0 bridgehead atoms. The van der Waals surface area contributed by atoms with Crippen LogP contribution < -0.4 is 10.2 Å². The van der Waals surface area contributed by atoms with Crippen LogP contribution >= 0.6 is 34.2 Å². The van der Waals surface area contributed by atoms with E-state index in [2.05, 4.69) is 27.9 Å². The summed E-state index contributed by atoms with van der Waals surface area (Å²) in [6.45, 7) is 0.390. The van der Waals surface area contributed by atoms with E-state index in [-0.39, 0.29) is 5.91 Å². The predicted molar refractivity (Wildman–Crippen MR) is 69.7 cm³/mol. The normalized spacial score (nSPS) is 16.2. The molecule has 1 aliphatic heterocycles. The SMILES string of the molecule is O=C1CCN(c2cc(Cl)ccc2I)C(=O)N1. The summed E-state index contributed by atoms with van der Waals surface area (Å²) < 4.78 is 0.923. The number of carbonyl (C=O) groups excluding carboxylic acids is 2. The van der Waals surface area contributed by atoms with E-state index in [0.717, 1.165) is 9.26 Å². The summed E-state index contributed by atoms with van der Waals surface area (Å²) >= 11 is 8.01. The van der Waals surface area contributed by atoms with Crippen LogP contribution in [0.5, 0.6) is 0 Å². The maximum absolute atomic E-state index is 11.6. The number of nitrogens with zero attached hydrogens (tertiary/aromatic N) is 1. The number of halogens is 2. The molecule has 84 valence electrons. The second-order valence-corrected chi connectivity index (χ2v) is 4.95. The van der Waals surface area contributed by atoms with Gasteiger partial charge in [0.25, 0.3) is 0 Å². The average Bonchev–Trinajstić information content (AvgIpc) is 2.22. The van der Waals surface area contributed by atoms with E-state index < -0.39 is 6.03 Å². The third kappa shape index (κ3) is 2.30. The minimum absolute atomic E-state index is 0.238. The molecule has 0 radical (unpaired) electrons. The number of rotatable bonds is 1. The highest BCUT2D eigenvalue weighted by atomic mass is 127. The second-order valence-electron chi connectivity index (χ2n) is 3.35. The van der Waals surface area contributed by atoms with Crippen molar-refractivity contribution in [2.75, 3.05) is 11.4 Å². The van der Waals surface area contributed by atoms with Crippen molar-refractivity contribution in [1.82, 2.24) is 5.32 Å². The van der Waals surface area contributed by atoms with Crippen LogP contribution in [0.2, 0.25) is 5.02 Å². The molecule has 1 aliphatic rings. The Hall–Kier alpha value is -0.820. The van der Waals surface area contributed by atoms with Gasteiger partial charge in [0.2, 0.25) is 5.91 Å². The van der Waals surface area contributed by atoms with Crippen LogP contribution in [0, 0.1) is 3.57 Å². The Morgan fingerprint density at radius 2 is 2.12 bits per heavy atom. The molecular weight excluding hydrogens is 342 g/mol. The summed E-state index contributed by atoms with van der Waals surface area (Å²) in [6.07, 6.45) is 0.314. The molecule has 0 atom stereocenters. The fourth-order valence-corrected chi connectivity index (χ4v) is 2.28. The quantitative estimate of drug-likeness (QED) is 0.791. The van der Waals surface area contributed by atoms with Crippen LogP contribution in [0.25, 0.3) is 0 Å². The number of imide groups is 1. The number of carbonyl (C=O) groups is 2. The van der Waals surface area contributed by atoms with Crippen molar-refractivity contribution in [2.24, 2.45) is 0 Å². The van der Waals surface area contributed by atoms with Gasteiger partial charge in [0, 0.05) is 21.6 Å². The molecule has 6 heteroatoms. The summed E-state index contributed by atoms with van der Waals surface area (Å²) in [5, 5.41) is 2.85. The Labute approximate surface area is 111 Å². The molecule has 0 aliphatic carbocycles. The summed E-state index contributed by atoms with van der Waals surface area (Å²) in [4.78, 5) is 24.2. The number of hydrogen-bond acceptors (Lipinski definition) is 2. The van der Waals surface area contributed by atoms with E-state index in [0.29, 0.717) is 18.0 Å². The number of benzene rings is 1. The van der Waals surface area contributed by atoms with Crippen LogP contribution in [0.15, 0.2) is 18.2 Å². The number of amides is 3. The molecule has 1 heterocycles. The van der Waals surface area contributed by atoms with E-state index in [1.807, 2.05) is 6.07 Å². The first-order chi connectivity index (χ1) is 7.58. The molecule has 16 heavy (non-hydrogen) atoms. The molecule has 0 spiro atoms. The van der Waals surface area contributed by atoms with Crippen molar-refractivity contribution in [3.8, 4) is 0 Å². The first-order valence-corrected chi connectivity index (χ1v) is 6.10. The van der Waals surface area contributed by atoms with Crippen LogP contribution in [0.4, 0.5) is 10.5 Å².